The van der Waals surface area contributed by atoms with Gasteiger partial charge < -0.3 is 5.32 Å². The molecule has 18 heteroatoms. The minimum Gasteiger partial charge on any atom is -0.318 e. The molecule has 0 spiro atoms. The van der Waals surface area contributed by atoms with Crippen LogP contribution in [-0.4, -0.2) is 22.7 Å². The second-order valence-corrected chi connectivity index (χ2v) is 12.8. The van der Waals surface area contributed by atoms with Gasteiger partial charge in [-0.15, -0.1) is 10.2 Å². The van der Waals surface area contributed by atoms with Gasteiger partial charge in [-0.05, 0) is 17.2 Å². The van der Waals surface area contributed by atoms with Gasteiger partial charge in [0.2, 0.25) is 26.6 Å². The molecule has 0 atom stereocenters. The number of halogens is 3. The summed E-state index contributed by atoms with van der Waals surface area (Å²) < 4.78 is 83.9. The lowest BCUT2D eigenvalue weighted by Gasteiger charge is -2.17. The molecular formula is C23H25Cl3N4O9S2. The third-order valence-corrected chi connectivity index (χ3v) is 8.33. The summed E-state index contributed by atoms with van der Waals surface area (Å²) in [4.78, 5) is 11.6. The highest BCUT2D eigenvalue weighted by Crippen LogP contribution is 2.39. The van der Waals surface area contributed by atoms with Crippen LogP contribution >= 0.6 is 23.2 Å². The van der Waals surface area contributed by atoms with Crippen molar-refractivity contribution in [1.82, 2.24) is 0 Å². The summed E-state index contributed by atoms with van der Waals surface area (Å²) in [6.07, 6.45) is 1.25. The monoisotopic (exact) mass is 670 g/mol. The van der Waals surface area contributed by atoms with Crippen LogP contribution in [0.2, 0.25) is 10.0 Å². The number of nitrogens with one attached hydrogen (secondary N) is 1. The average Bonchev–Trinajstić information content (AvgIpc) is 2.85. The fraction of sp³-hybridized carbons (Fsp3) is 0.217. The molecule has 0 aliphatic rings. The van der Waals surface area contributed by atoms with Crippen molar-refractivity contribution >= 4 is 54.8 Å². The number of carbonyl (C=O) groups excluding carboxylic acids is 1. The number of carbonyl (C=O) groups is 1. The first-order valence-corrected chi connectivity index (χ1v) is 16.5. The highest BCUT2D eigenvalue weighted by atomic mass is 35.7. The van der Waals surface area contributed by atoms with Crippen LogP contribution in [0.5, 0.6) is 0 Å². The van der Waals surface area contributed by atoms with Gasteiger partial charge in [-0.1, -0.05) is 67.4 Å². The lowest BCUT2D eigenvalue weighted by molar-refractivity contribution is -2.00. The summed E-state index contributed by atoms with van der Waals surface area (Å²) in [5, 5.41) is 11.7. The van der Waals surface area contributed by atoms with E-state index in [4.69, 9.17) is 52.1 Å². The Morgan fingerprint density at radius 3 is 1.71 bits per heavy atom. The molecule has 0 aliphatic carbocycles. The van der Waals surface area contributed by atoms with Gasteiger partial charge in [0, 0.05) is 25.0 Å². The van der Waals surface area contributed by atoms with E-state index < -0.39 is 61.7 Å². The lowest BCUT2D eigenvalue weighted by atomic mass is 10.0. The van der Waals surface area contributed by atoms with Crippen LogP contribution < -0.4 is 38.8 Å². The molecule has 13 nitrogen and oxygen atoms in total. The Kier molecular flexibility index (Phi) is 11.6. The van der Waals surface area contributed by atoms with Gasteiger partial charge in [0.1, 0.15) is 9.79 Å². The average molecular weight is 672 g/mol. The summed E-state index contributed by atoms with van der Waals surface area (Å²) in [6.45, 7) is 3.75. The largest absolute Gasteiger partial charge is 0.318 e. The topological polar surface area (TPSA) is 246 Å². The van der Waals surface area contributed by atoms with Crippen molar-refractivity contribution in [2.75, 3.05) is 5.32 Å². The Morgan fingerprint density at radius 2 is 1.29 bits per heavy atom. The van der Waals surface area contributed by atoms with Gasteiger partial charge in [0.05, 0.1) is 15.7 Å². The summed E-state index contributed by atoms with van der Waals surface area (Å²) in [7, 11) is -13.9. The third-order valence-electron chi connectivity index (χ3n) is 5.49. The van der Waals surface area contributed by atoms with Crippen LogP contribution in [0.3, 0.4) is 0 Å². The van der Waals surface area contributed by atoms with Crippen molar-refractivity contribution in [2.45, 2.75) is 43.0 Å². The molecule has 0 radical (unpaired) electrons. The van der Waals surface area contributed by atoms with E-state index in [0.29, 0.717) is 18.9 Å². The van der Waals surface area contributed by atoms with Gasteiger partial charge >= 0.3 is 0 Å². The van der Waals surface area contributed by atoms with Crippen molar-refractivity contribution in [3.8, 4) is 11.1 Å². The molecule has 3 rings (SSSR count). The molecule has 2 aromatic carbocycles. The maximum atomic E-state index is 13.1. The summed E-state index contributed by atoms with van der Waals surface area (Å²) >= 11 is 12.2. The van der Waals surface area contributed by atoms with Crippen molar-refractivity contribution in [3.63, 3.8) is 0 Å². The van der Waals surface area contributed by atoms with E-state index in [-0.39, 0.29) is 6.54 Å². The maximum Gasteiger partial charge on any atom is 0.290 e. The predicted octanol–water partition coefficient (Wildman–Crippen LogP) is -1.75. The number of aromatic nitrogens is 1. The summed E-state index contributed by atoms with van der Waals surface area (Å²) in [5.74, 6) is -0.622. The number of hydrogen-bond acceptors (Lipinski definition) is 9. The molecule has 0 unspecified atom stereocenters. The molecular weight excluding hydrogens is 647 g/mol. The van der Waals surface area contributed by atoms with E-state index in [1.807, 2.05) is 60.9 Å². The van der Waals surface area contributed by atoms with Crippen LogP contribution in [0.1, 0.15) is 25.2 Å². The van der Waals surface area contributed by atoms with Crippen molar-refractivity contribution < 1.29 is 55.1 Å². The number of sulfonamides is 2. The summed E-state index contributed by atoms with van der Waals surface area (Å²) in [5.41, 5.74) is 3.37. The van der Waals surface area contributed by atoms with Gasteiger partial charge in [0.25, 0.3) is 5.91 Å². The lowest BCUT2D eigenvalue weighted by Crippen LogP contribution is -2.68. The van der Waals surface area contributed by atoms with Gasteiger partial charge in [-0.25, -0.2) is 45.7 Å². The van der Waals surface area contributed by atoms with Crippen LogP contribution in [-0.2, 0) is 44.2 Å². The standard InChI is InChI=1S/C23H24Cl2N4O5S2.ClHO4/c1-3-16-10-15(14-8-6-5-7-9-14)11-17(4-2)29(16)13-20(30)28-23-19(36(27,33)34)12-18(35(26,31)32)21(24)22(23)25;2-1(3,4)5/h5-12H,3-4,13H2,1-2H3,(H4-,26,27,28,30,31,32,33,34);(H,2,3,4,5). The minimum atomic E-state index is -4.94. The number of nitrogens with two attached hydrogens (primary N) is 2. The van der Waals surface area contributed by atoms with Crippen molar-refractivity contribution in [2.24, 2.45) is 10.3 Å². The molecule has 41 heavy (non-hydrogen) atoms. The van der Waals surface area contributed by atoms with Crippen LogP contribution in [0.4, 0.5) is 5.69 Å². The normalized spacial score (nSPS) is 12.0. The second-order valence-electron chi connectivity index (χ2n) is 8.28. The quantitative estimate of drug-likeness (QED) is 0.230. The van der Waals surface area contributed by atoms with Crippen LogP contribution in [0.15, 0.2) is 58.3 Å². The smallest absolute Gasteiger partial charge is 0.290 e. The number of hydrogen-bond donors (Lipinski definition) is 3. The molecule has 5 N–H and O–H groups in total. The first-order chi connectivity index (χ1) is 18.8. The Hall–Kier alpha value is -2.41. The molecule has 3 aromatic rings. The van der Waals surface area contributed by atoms with E-state index in [1.165, 1.54) is 0 Å². The van der Waals surface area contributed by atoms with E-state index in [9.17, 15) is 21.6 Å². The van der Waals surface area contributed by atoms with E-state index in [2.05, 4.69) is 5.32 Å². The Bertz CT molecular complexity index is 1620. The number of anilines is 1. The molecule has 0 saturated heterocycles. The zero-order valence-electron chi connectivity index (χ0n) is 21.5. The highest BCUT2D eigenvalue weighted by Gasteiger charge is 2.29. The molecule has 0 bridgehead atoms. The molecule has 0 aliphatic heterocycles. The number of pyridine rings is 1. The molecule has 0 fully saturated rings. The Balaban J connectivity index is 0.00000108. The Labute approximate surface area is 248 Å². The summed E-state index contributed by atoms with van der Waals surface area (Å²) in [6, 6.07) is 14.5. The molecule has 224 valence electrons. The number of aryl methyl sites for hydroxylation is 2. The van der Waals surface area contributed by atoms with Gasteiger partial charge in [-0.2, -0.15) is 4.57 Å². The molecule has 1 heterocycles. The number of amides is 1. The van der Waals surface area contributed by atoms with E-state index in [1.54, 1.807) is 0 Å². The first-order valence-electron chi connectivity index (χ1n) is 11.4. The van der Waals surface area contributed by atoms with Crippen LogP contribution in [0.25, 0.3) is 11.1 Å². The second kappa shape index (κ2) is 13.7. The first kappa shape index (κ1) is 34.8. The van der Waals surface area contributed by atoms with Crippen molar-refractivity contribution in [1.29, 1.82) is 0 Å². The van der Waals surface area contributed by atoms with Gasteiger partial charge in [-0.3, -0.25) is 4.79 Å². The van der Waals surface area contributed by atoms with E-state index in [0.717, 1.165) is 22.5 Å². The van der Waals surface area contributed by atoms with Crippen molar-refractivity contribution in [3.05, 3.63) is 70.0 Å². The number of primary sulfonamides is 2. The zero-order valence-corrected chi connectivity index (χ0v) is 25.4. The fourth-order valence-electron chi connectivity index (χ4n) is 3.78. The molecule has 1 aromatic heterocycles. The number of rotatable bonds is 8. The number of benzene rings is 2. The predicted molar refractivity (Wildman–Crippen MR) is 139 cm³/mol. The van der Waals surface area contributed by atoms with Crippen LogP contribution in [0, 0.1) is 10.2 Å². The van der Waals surface area contributed by atoms with E-state index >= 15 is 0 Å². The number of nitrogens with zero attached hydrogens (tertiary/aromatic N) is 1. The minimum absolute atomic E-state index is 0.170. The van der Waals surface area contributed by atoms with Gasteiger partial charge in [0.15, 0.2) is 11.4 Å². The maximum absolute atomic E-state index is 13.1. The molecule has 0 saturated carbocycles. The highest BCUT2D eigenvalue weighted by molar-refractivity contribution is 7.90. The SMILES string of the molecule is CCc1cc(-c2ccccc2)cc(CC)[n+]1CC(=O)Nc1c(S(N)(=O)=O)cc(S(N)(=O)=O)c(Cl)c1Cl.[O-][Cl+3]([O-])([O-])[O-]. The zero-order chi connectivity index (χ0) is 31.3. The Morgan fingerprint density at radius 1 is 0.829 bits per heavy atom. The third kappa shape index (κ3) is 9.83. The fourth-order valence-corrected chi connectivity index (χ4v) is 6.04. The molecule has 1 amide bonds.